The molecule has 0 aromatic carbocycles. The molecule has 0 aromatic rings. The number of alkyl carbamates (subject to hydrolysis) is 1. The molecule has 2 fully saturated rings. The number of esters is 1. The summed E-state index contributed by atoms with van der Waals surface area (Å²) in [5, 5.41) is 2.63. The van der Waals surface area contributed by atoms with Gasteiger partial charge >= 0.3 is 12.1 Å². The summed E-state index contributed by atoms with van der Waals surface area (Å²) in [4.78, 5) is 23.7. The Kier molecular flexibility index (Phi) is 5.45. The summed E-state index contributed by atoms with van der Waals surface area (Å²) in [6, 6.07) is -0.662. The number of hydrogen-bond acceptors (Lipinski definition) is 5. The van der Waals surface area contributed by atoms with Gasteiger partial charge in [-0.25, -0.2) is 9.59 Å². The SMILES string of the molecule is CCOC(=O)[C@@H](NC(=O)OC)[C@@H]1C[C@@H](C)O[C@H](C2CC2)C1. The van der Waals surface area contributed by atoms with Crippen molar-refractivity contribution in [3.05, 3.63) is 0 Å². The van der Waals surface area contributed by atoms with E-state index in [0.717, 1.165) is 12.8 Å². The molecule has 0 unspecified atom stereocenters. The van der Waals surface area contributed by atoms with Crippen LogP contribution in [0.15, 0.2) is 0 Å². The van der Waals surface area contributed by atoms with E-state index < -0.39 is 18.1 Å². The molecule has 4 atom stereocenters. The lowest BCUT2D eigenvalue weighted by Gasteiger charge is -2.37. The van der Waals surface area contributed by atoms with Gasteiger partial charge in [0.1, 0.15) is 6.04 Å². The van der Waals surface area contributed by atoms with E-state index in [1.165, 1.54) is 20.0 Å². The van der Waals surface area contributed by atoms with Crippen LogP contribution < -0.4 is 5.32 Å². The molecular formula is C15H25NO5. The first kappa shape index (κ1) is 16.1. The Labute approximate surface area is 125 Å². The smallest absolute Gasteiger partial charge is 0.407 e. The lowest BCUT2D eigenvalue weighted by molar-refractivity contribution is -0.150. The number of rotatable bonds is 5. The Morgan fingerprint density at radius 2 is 2.05 bits per heavy atom. The molecule has 2 rings (SSSR count). The van der Waals surface area contributed by atoms with Crippen molar-refractivity contribution in [3.8, 4) is 0 Å². The van der Waals surface area contributed by atoms with Gasteiger partial charge in [0, 0.05) is 0 Å². The molecular weight excluding hydrogens is 274 g/mol. The van der Waals surface area contributed by atoms with Crippen molar-refractivity contribution in [2.24, 2.45) is 11.8 Å². The first-order chi connectivity index (χ1) is 10.0. The van der Waals surface area contributed by atoms with E-state index in [9.17, 15) is 9.59 Å². The second-order valence-corrected chi connectivity index (χ2v) is 5.92. The molecule has 1 aliphatic carbocycles. The van der Waals surface area contributed by atoms with Gasteiger partial charge in [-0.3, -0.25) is 0 Å². The highest BCUT2D eigenvalue weighted by Crippen LogP contribution is 2.41. The number of carbonyl (C=O) groups excluding carboxylic acids is 2. The number of carbonyl (C=O) groups is 2. The summed E-state index contributed by atoms with van der Waals surface area (Å²) < 4.78 is 15.7. The van der Waals surface area contributed by atoms with Crippen molar-refractivity contribution in [3.63, 3.8) is 0 Å². The van der Waals surface area contributed by atoms with Crippen LogP contribution in [0.2, 0.25) is 0 Å². The molecule has 6 nitrogen and oxygen atoms in total. The fourth-order valence-corrected chi connectivity index (χ4v) is 3.06. The van der Waals surface area contributed by atoms with Crippen molar-refractivity contribution in [2.45, 2.75) is 57.8 Å². The summed E-state index contributed by atoms with van der Waals surface area (Å²) in [6.45, 7) is 4.07. The summed E-state index contributed by atoms with van der Waals surface area (Å²) in [7, 11) is 1.29. The third-order valence-corrected chi connectivity index (χ3v) is 4.20. The monoisotopic (exact) mass is 299 g/mol. The highest BCUT2D eigenvalue weighted by atomic mass is 16.5. The van der Waals surface area contributed by atoms with Gasteiger partial charge in [0.05, 0.1) is 25.9 Å². The highest BCUT2D eigenvalue weighted by molar-refractivity contribution is 5.81. The molecule has 120 valence electrons. The van der Waals surface area contributed by atoms with Crippen molar-refractivity contribution in [1.29, 1.82) is 0 Å². The maximum atomic E-state index is 12.2. The molecule has 21 heavy (non-hydrogen) atoms. The Morgan fingerprint density at radius 3 is 2.62 bits per heavy atom. The topological polar surface area (TPSA) is 73.9 Å². The number of amides is 1. The fourth-order valence-electron chi connectivity index (χ4n) is 3.06. The van der Waals surface area contributed by atoms with Gasteiger partial charge < -0.3 is 19.5 Å². The Hall–Kier alpha value is -1.30. The van der Waals surface area contributed by atoms with Crippen LogP contribution in [0.5, 0.6) is 0 Å². The largest absolute Gasteiger partial charge is 0.464 e. The van der Waals surface area contributed by atoms with Crippen LogP contribution >= 0.6 is 0 Å². The van der Waals surface area contributed by atoms with Crippen LogP contribution in [-0.2, 0) is 19.0 Å². The molecule has 1 saturated carbocycles. The highest BCUT2D eigenvalue weighted by Gasteiger charge is 2.42. The van der Waals surface area contributed by atoms with E-state index in [1.807, 2.05) is 6.92 Å². The Balaban J connectivity index is 2.05. The van der Waals surface area contributed by atoms with Crippen LogP contribution in [0.4, 0.5) is 4.79 Å². The van der Waals surface area contributed by atoms with Crippen LogP contribution in [0.1, 0.15) is 39.5 Å². The molecule has 1 aliphatic heterocycles. The zero-order chi connectivity index (χ0) is 15.4. The zero-order valence-electron chi connectivity index (χ0n) is 13.0. The molecule has 6 heteroatoms. The molecule has 1 N–H and O–H groups in total. The second-order valence-electron chi connectivity index (χ2n) is 5.92. The van der Waals surface area contributed by atoms with Crippen molar-refractivity contribution in [2.75, 3.05) is 13.7 Å². The fraction of sp³-hybridized carbons (Fsp3) is 0.867. The van der Waals surface area contributed by atoms with Gasteiger partial charge in [-0.1, -0.05) is 0 Å². The number of ether oxygens (including phenoxy) is 3. The van der Waals surface area contributed by atoms with E-state index in [-0.39, 0.29) is 18.1 Å². The molecule has 1 heterocycles. The Morgan fingerprint density at radius 1 is 1.33 bits per heavy atom. The zero-order valence-corrected chi connectivity index (χ0v) is 13.0. The van der Waals surface area contributed by atoms with Crippen LogP contribution in [-0.4, -0.2) is 44.0 Å². The molecule has 0 radical (unpaired) electrons. The molecule has 0 aromatic heterocycles. The summed E-state index contributed by atoms with van der Waals surface area (Å²) in [5.41, 5.74) is 0. The molecule has 2 aliphatic rings. The number of hydrogen-bond donors (Lipinski definition) is 1. The maximum absolute atomic E-state index is 12.2. The van der Waals surface area contributed by atoms with E-state index in [1.54, 1.807) is 6.92 Å². The minimum atomic E-state index is -0.662. The maximum Gasteiger partial charge on any atom is 0.407 e. The quantitative estimate of drug-likeness (QED) is 0.784. The van der Waals surface area contributed by atoms with E-state index in [4.69, 9.17) is 9.47 Å². The number of methoxy groups -OCH3 is 1. The summed E-state index contributed by atoms with van der Waals surface area (Å²) >= 11 is 0. The van der Waals surface area contributed by atoms with Crippen molar-refractivity contribution < 1.29 is 23.8 Å². The first-order valence-electron chi connectivity index (χ1n) is 7.71. The third kappa shape index (κ3) is 4.33. The minimum Gasteiger partial charge on any atom is -0.464 e. The van der Waals surface area contributed by atoms with E-state index in [2.05, 4.69) is 10.1 Å². The summed E-state index contributed by atoms with van der Waals surface area (Å²) in [5.74, 6) is 0.241. The van der Waals surface area contributed by atoms with Gasteiger partial charge in [-0.05, 0) is 51.4 Å². The lowest BCUT2D eigenvalue weighted by Crippen LogP contribution is -2.50. The summed E-state index contributed by atoms with van der Waals surface area (Å²) in [6.07, 6.45) is 3.58. The third-order valence-electron chi connectivity index (χ3n) is 4.20. The van der Waals surface area contributed by atoms with E-state index in [0.29, 0.717) is 12.5 Å². The van der Waals surface area contributed by atoms with Gasteiger partial charge in [0.2, 0.25) is 0 Å². The second kappa shape index (κ2) is 7.11. The molecule has 0 bridgehead atoms. The standard InChI is InChI=1S/C15H25NO5/c1-4-20-14(17)13(16-15(18)19-3)11-7-9(2)21-12(8-11)10-5-6-10/h9-13H,4-8H2,1-3H3,(H,16,18)/t9-,11-,12+,13+/m1/s1. The Bertz CT molecular complexity index is 382. The number of nitrogens with one attached hydrogen (secondary N) is 1. The van der Waals surface area contributed by atoms with Crippen LogP contribution in [0.25, 0.3) is 0 Å². The average Bonchev–Trinajstić information content (AvgIpc) is 3.28. The molecule has 1 saturated heterocycles. The lowest BCUT2D eigenvalue weighted by atomic mass is 9.84. The normalized spacial score (nSPS) is 30.3. The van der Waals surface area contributed by atoms with E-state index >= 15 is 0 Å². The van der Waals surface area contributed by atoms with Gasteiger partial charge in [-0.2, -0.15) is 0 Å². The van der Waals surface area contributed by atoms with Crippen LogP contribution in [0.3, 0.4) is 0 Å². The average molecular weight is 299 g/mol. The van der Waals surface area contributed by atoms with Crippen LogP contribution in [0, 0.1) is 11.8 Å². The van der Waals surface area contributed by atoms with Crippen molar-refractivity contribution >= 4 is 12.1 Å². The first-order valence-corrected chi connectivity index (χ1v) is 7.71. The molecule has 1 amide bonds. The van der Waals surface area contributed by atoms with Gasteiger partial charge in [-0.15, -0.1) is 0 Å². The minimum absolute atomic E-state index is 0.0255. The van der Waals surface area contributed by atoms with Crippen molar-refractivity contribution in [1.82, 2.24) is 5.32 Å². The predicted molar refractivity (Wildman–Crippen MR) is 75.7 cm³/mol. The van der Waals surface area contributed by atoms with Gasteiger partial charge in [0.15, 0.2) is 0 Å². The van der Waals surface area contributed by atoms with Gasteiger partial charge in [0.25, 0.3) is 0 Å². The predicted octanol–water partition coefficient (Wildman–Crippen LogP) is 1.87. The molecule has 0 spiro atoms.